The molecular formula is C15H22N2O5S. The Balaban J connectivity index is 1.97. The fraction of sp³-hybridized carbons (Fsp3) is 0.533. The van der Waals surface area contributed by atoms with Crippen LogP contribution in [0.3, 0.4) is 0 Å². The van der Waals surface area contributed by atoms with Crippen molar-refractivity contribution in [1.29, 1.82) is 0 Å². The molecule has 1 N–H and O–H groups in total. The van der Waals surface area contributed by atoms with Crippen LogP contribution in [0.25, 0.3) is 0 Å². The normalized spacial score (nSPS) is 16.2. The third-order valence-electron chi connectivity index (χ3n) is 3.42. The molecule has 0 saturated carbocycles. The molecule has 0 atom stereocenters. The van der Waals surface area contributed by atoms with Crippen molar-refractivity contribution in [2.24, 2.45) is 0 Å². The molecule has 23 heavy (non-hydrogen) atoms. The van der Waals surface area contributed by atoms with Gasteiger partial charge in [0.15, 0.2) is 0 Å². The smallest absolute Gasteiger partial charge is 0.243 e. The topological polar surface area (TPSA) is 84.9 Å². The molecule has 1 amide bonds. The van der Waals surface area contributed by atoms with E-state index >= 15 is 0 Å². The van der Waals surface area contributed by atoms with E-state index in [0.717, 1.165) is 0 Å². The number of carbonyl (C=O) groups excluding carboxylic acids is 1. The summed E-state index contributed by atoms with van der Waals surface area (Å²) in [5, 5.41) is 2.71. The molecule has 1 aliphatic rings. The van der Waals surface area contributed by atoms with Gasteiger partial charge < -0.3 is 14.8 Å². The number of benzene rings is 1. The maximum Gasteiger partial charge on any atom is 0.243 e. The number of ether oxygens (including phenoxy) is 2. The molecule has 1 aliphatic heterocycles. The summed E-state index contributed by atoms with van der Waals surface area (Å²) < 4.78 is 36.6. The molecule has 1 saturated heterocycles. The number of hydrogen-bond acceptors (Lipinski definition) is 5. The molecule has 0 aliphatic carbocycles. The van der Waals surface area contributed by atoms with Gasteiger partial charge in [-0.1, -0.05) is 0 Å². The number of amides is 1. The molecule has 1 fully saturated rings. The maximum absolute atomic E-state index is 12.5. The first-order valence-electron chi connectivity index (χ1n) is 7.59. The lowest BCUT2D eigenvalue weighted by atomic mass is 10.3. The van der Waals surface area contributed by atoms with Gasteiger partial charge in [-0.05, 0) is 31.2 Å². The fourth-order valence-corrected chi connectivity index (χ4v) is 3.59. The van der Waals surface area contributed by atoms with Gasteiger partial charge in [-0.2, -0.15) is 4.31 Å². The summed E-state index contributed by atoms with van der Waals surface area (Å²) in [6, 6.07) is 6.18. The van der Waals surface area contributed by atoms with Crippen LogP contribution in [0.2, 0.25) is 0 Å². The third kappa shape index (κ3) is 5.00. The second kappa shape index (κ2) is 8.39. The van der Waals surface area contributed by atoms with Crippen LogP contribution in [0.1, 0.15) is 13.3 Å². The van der Waals surface area contributed by atoms with E-state index in [1.807, 2.05) is 6.92 Å². The summed E-state index contributed by atoms with van der Waals surface area (Å²) in [5.74, 6) is -0.165. The van der Waals surface area contributed by atoms with Gasteiger partial charge >= 0.3 is 0 Å². The predicted molar refractivity (Wildman–Crippen MR) is 85.8 cm³/mol. The van der Waals surface area contributed by atoms with Gasteiger partial charge in [-0.25, -0.2) is 8.42 Å². The SMILES string of the molecule is CCOCCC(=O)Nc1ccc(S(=O)(=O)N2CCOCC2)cc1. The van der Waals surface area contributed by atoms with E-state index in [9.17, 15) is 13.2 Å². The average Bonchev–Trinajstić information content (AvgIpc) is 2.56. The Morgan fingerprint density at radius 2 is 1.91 bits per heavy atom. The molecule has 1 heterocycles. The number of hydrogen-bond donors (Lipinski definition) is 1. The Morgan fingerprint density at radius 1 is 1.26 bits per heavy atom. The lowest BCUT2D eigenvalue weighted by molar-refractivity contribution is -0.117. The average molecular weight is 342 g/mol. The molecule has 1 aromatic carbocycles. The first kappa shape index (κ1) is 17.9. The first-order chi connectivity index (χ1) is 11.0. The minimum atomic E-state index is -3.50. The molecule has 0 bridgehead atoms. The van der Waals surface area contributed by atoms with Crippen molar-refractivity contribution in [2.45, 2.75) is 18.2 Å². The molecule has 128 valence electrons. The van der Waals surface area contributed by atoms with Gasteiger partial charge in [0.1, 0.15) is 0 Å². The molecule has 0 unspecified atom stereocenters. The molecule has 0 aromatic heterocycles. The Bertz CT molecular complexity index is 609. The van der Waals surface area contributed by atoms with Crippen molar-refractivity contribution >= 4 is 21.6 Å². The monoisotopic (exact) mass is 342 g/mol. The standard InChI is InChI=1S/C15H22N2O5S/c1-2-21-10-7-15(18)16-13-3-5-14(6-4-13)23(19,20)17-8-11-22-12-9-17/h3-6H,2,7-12H2,1H3,(H,16,18). The van der Waals surface area contributed by atoms with Crippen molar-refractivity contribution in [3.8, 4) is 0 Å². The summed E-state index contributed by atoms with van der Waals surface area (Å²) >= 11 is 0. The molecule has 8 heteroatoms. The van der Waals surface area contributed by atoms with E-state index in [2.05, 4.69) is 5.32 Å². The summed E-state index contributed by atoms with van der Waals surface area (Å²) in [6.07, 6.45) is 0.266. The van der Waals surface area contributed by atoms with Gasteiger partial charge in [0.05, 0.1) is 31.1 Å². The van der Waals surface area contributed by atoms with Crippen molar-refractivity contribution in [1.82, 2.24) is 4.31 Å². The second-order valence-corrected chi connectivity index (χ2v) is 6.97. The number of carbonyl (C=O) groups is 1. The minimum absolute atomic E-state index is 0.165. The molecular weight excluding hydrogens is 320 g/mol. The van der Waals surface area contributed by atoms with Crippen LogP contribution in [0.4, 0.5) is 5.69 Å². The highest BCUT2D eigenvalue weighted by Gasteiger charge is 2.26. The summed E-state index contributed by atoms with van der Waals surface area (Å²) in [5.41, 5.74) is 0.562. The van der Waals surface area contributed by atoms with Crippen molar-refractivity contribution < 1.29 is 22.7 Å². The van der Waals surface area contributed by atoms with E-state index in [1.165, 1.54) is 16.4 Å². The van der Waals surface area contributed by atoms with Crippen LogP contribution in [0.5, 0.6) is 0 Å². The molecule has 1 aromatic rings. The number of sulfonamides is 1. The van der Waals surface area contributed by atoms with Crippen LogP contribution < -0.4 is 5.32 Å². The van der Waals surface area contributed by atoms with Gasteiger partial charge in [-0.15, -0.1) is 0 Å². The van der Waals surface area contributed by atoms with E-state index in [0.29, 0.717) is 45.2 Å². The fourth-order valence-electron chi connectivity index (χ4n) is 2.18. The third-order valence-corrected chi connectivity index (χ3v) is 5.34. The Hall–Kier alpha value is -1.48. The largest absolute Gasteiger partial charge is 0.381 e. The van der Waals surface area contributed by atoms with Gasteiger partial charge in [0, 0.05) is 25.4 Å². The number of nitrogens with zero attached hydrogens (tertiary/aromatic N) is 1. The van der Waals surface area contributed by atoms with E-state index < -0.39 is 10.0 Å². The molecule has 0 radical (unpaired) electrons. The highest BCUT2D eigenvalue weighted by Crippen LogP contribution is 2.19. The van der Waals surface area contributed by atoms with Crippen LogP contribution in [-0.4, -0.2) is 58.1 Å². The molecule has 2 rings (SSSR count). The summed E-state index contributed by atoms with van der Waals surface area (Å²) in [7, 11) is -3.50. The number of nitrogens with one attached hydrogen (secondary N) is 1. The molecule has 7 nitrogen and oxygen atoms in total. The number of morpholine rings is 1. The van der Waals surface area contributed by atoms with Crippen molar-refractivity contribution in [3.63, 3.8) is 0 Å². The van der Waals surface area contributed by atoms with Crippen LogP contribution in [0.15, 0.2) is 29.2 Å². The van der Waals surface area contributed by atoms with Crippen LogP contribution >= 0.6 is 0 Å². The number of anilines is 1. The summed E-state index contributed by atoms with van der Waals surface area (Å²) in [4.78, 5) is 11.9. The summed E-state index contributed by atoms with van der Waals surface area (Å²) in [6.45, 7) is 4.34. The van der Waals surface area contributed by atoms with E-state index in [4.69, 9.17) is 9.47 Å². The lowest BCUT2D eigenvalue weighted by Gasteiger charge is -2.26. The quantitative estimate of drug-likeness (QED) is 0.749. The van der Waals surface area contributed by atoms with Crippen LogP contribution in [0, 0.1) is 0 Å². The van der Waals surface area contributed by atoms with E-state index in [-0.39, 0.29) is 17.2 Å². The Kier molecular flexibility index (Phi) is 6.52. The first-order valence-corrected chi connectivity index (χ1v) is 9.03. The Morgan fingerprint density at radius 3 is 2.52 bits per heavy atom. The molecule has 0 spiro atoms. The van der Waals surface area contributed by atoms with Gasteiger partial charge in [0.25, 0.3) is 0 Å². The minimum Gasteiger partial charge on any atom is -0.381 e. The van der Waals surface area contributed by atoms with Gasteiger partial charge in [-0.3, -0.25) is 4.79 Å². The zero-order chi connectivity index (χ0) is 16.7. The zero-order valence-corrected chi connectivity index (χ0v) is 14.0. The second-order valence-electron chi connectivity index (χ2n) is 5.04. The highest BCUT2D eigenvalue weighted by atomic mass is 32.2. The van der Waals surface area contributed by atoms with Gasteiger partial charge in [0.2, 0.25) is 15.9 Å². The van der Waals surface area contributed by atoms with Crippen LogP contribution in [-0.2, 0) is 24.3 Å². The lowest BCUT2D eigenvalue weighted by Crippen LogP contribution is -2.40. The van der Waals surface area contributed by atoms with Crippen molar-refractivity contribution in [3.05, 3.63) is 24.3 Å². The maximum atomic E-state index is 12.5. The predicted octanol–water partition coefficient (Wildman–Crippen LogP) is 1.07. The van der Waals surface area contributed by atoms with E-state index in [1.54, 1.807) is 12.1 Å². The Labute approximate surface area is 136 Å². The zero-order valence-electron chi connectivity index (χ0n) is 13.2. The van der Waals surface area contributed by atoms with Crippen molar-refractivity contribution in [2.75, 3.05) is 44.8 Å². The highest BCUT2D eigenvalue weighted by molar-refractivity contribution is 7.89. The number of rotatable bonds is 7.